The zero-order valence-corrected chi connectivity index (χ0v) is 29.9. The van der Waals surface area contributed by atoms with E-state index in [0.717, 1.165) is 52.7 Å². The van der Waals surface area contributed by atoms with Gasteiger partial charge in [-0.1, -0.05) is 18.2 Å². The summed E-state index contributed by atoms with van der Waals surface area (Å²) in [6, 6.07) is -1.25. The second-order valence-corrected chi connectivity index (χ2v) is 12.8. The van der Waals surface area contributed by atoms with Crippen molar-refractivity contribution >= 4 is 46.7 Å². The highest BCUT2D eigenvalue weighted by atomic mass is 32.2. The molecular weight excluding hydrogens is 690 g/mol. The van der Waals surface area contributed by atoms with E-state index in [0.29, 0.717) is 6.61 Å². The Labute approximate surface area is 294 Å². The largest absolute Gasteiger partial charge is 0.463 e. The van der Waals surface area contributed by atoms with E-state index in [1.54, 1.807) is 0 Å². The van der Waals surface area contributed by atoms with Crippen molar-refractivity contribution in [3.05, 3.63) is 0 Å². The van der Waals surface area contributed by atoms with E-state index in [2.05, 4.69) is 5.32 Å². The number of esters is 4. The van der Waals surface area contributed by atoms with E-state index in [1.807, 2.05) is 0 Å². The average molecular weight is 740 g/mol. The molecule has 4 unspecified atom stereocenters. The number of nitrogens with one attached hydrogen (secondary N) is 1. The Bertz CT molecular complexity index is 1140. The van der Waals surface area contributed by atoms with Crippen molar-refractivity contribution in [3.8, 4) is 0 Å². The number of unbranched alkanes of at least 4 members (excludes halogenated alkanes) is 2. The number of hydrogen-bond donors (Lipinski definition) is 3. The Morgan fingerprint density at radius 3 is 1.90 bits per heavy atom. The van der Waals surface area contributed by atoms with Crippen LogP contribution in [0.3, 0.4) is 0 Å². The minimum atomic E-state index is -1.71. The number of rotatable bonds is 19. The standard InChI is InChI=1S/C31H49NO17S/c1-16(34)32-24-27(25(40)22(14-33)47-30(24)42-12-11-41-10-8-7-9-13-50-21(6)39)49-31-29(46-20(5)38)28(45-19(4)37)26(44-18(3)36)23(48-31)15-43-17(2)35/h22-31,33,40H,7-15H2,1-6H3,(H,32,34)/t22?,23?,24-,25+,26+,27?,28?,29-,30-,31+/m1/s1. The minimum Gasteiger partial charge on any atom is -0.463 e. The van der Waals surface area contributed by atoms with Crippen molar-refractivity contribution in [3.63, 3.8) is 0 Å². The maximum Gasteiger partial charge on any atom is 0.303 e. The first-order valence-corrected chi connectivity index (χ1v) is 17.1. The molecule has 0 aliphatic carbocycles. The van der Waals surface area contributed by atoms with Crippen LogP contribution in [0.1, 0.15) is 60.8 Å². The van der Waals surface area contributed by atoms with Gasteiger partial charge in [-0.3, -0.25) is 28.8 Å². The lowest BCUT2D eigenvalue weighted by molar-refractivity contribution is -0.347. The quantitative estimate of drug-likeness (QED) is 0.0861. The third-order valence-electron chi connectivity index (χ3n) is 7.21. The lowest BCUT2D eigenvalue weighted by atomic mass is 9.95. The third-order valence-corrected chi connectivity index (χ3v) is 8.11. The lowest BCUT2D eigenvalue weighted by Crippen LogP contribution is -2.69. The fraction of sp³-hybridized carbons (Fsp3) is 0.806. The summed E-state index contributed by atoms with van der Waals surface area (Å²) in [7, 11) is 0. The molecule has 0 aromatic rings. The fourth-order valence-corrected chi connectivity index (χ4v) is 5.87. The van der Waals surface area contributed by atoms with Crippen molar-refractivity contribution in [2.75, 3.05) is 38.8 Å². The first-order valence-electron chi connectivity index (χ1n) is 16.1. The molecular formula is C31H49NO17S. The summed E-state index contributed by atoms with van der Waals surface area (Å²) < 4.78 is 50.8. The van der Waals surface area contributed by atoms with E-state index in [4.69, 9.17) is 42.6 Å². The summed E-state index contributed by atoms with van der Waals surface area (Å²) in [5.74, 6) is -3.12. The average Bonchev–Trinajstić information content (AvgIpc) is 3.01. The monoisotopic (exact) mass is 739 g/mol. The zero-order chi connectivity index (χ0) is 37.4. The van der Waals surface area contributed by atoms with E-state index in [1.165, 1.54) is 25.6 Å². The normalized spacial score (nSPS) is 29.4. The van der Waals surface area contributed by atoms with Gasteiger partial charge in [0, 0.05) is 53.9 Å². The van der Waals surface area contributed by atoms with Gasteiger partial charge in [0.1, 0.15) is 37.1 Å². The zero-order valence-electron chi connectivity index (χ0n) is 29.1. The number of aliphatic hydroxyl groups excluding tert-OH is 2. The van der Waals surface area contributed by atoms with Gasteiger partial charge >= 0.3 is 23.9 Å². The summed E-state index contributed by atoms with van der Waals surface area (Å²) in [5.41, 5.74) is 0. The molecule has 1 amide bonds. The molecule has 19 heteroatoms. The van der Waals surface area contributed by atoms with Crippen LogP contribution in [0.15, 0.2) is 0 Å². The van der Waals surface area contributed by atoms with Crippen molar-refractivity contribution < 1.29 is 81.6 Å². The second kappa shape index (κ2) is 22.1. The molecule has 0 aromatic heterocycles. The van der Waals surface area contributed by atoms with Gasteiger partial charge in [-0.2, -0.15) is 0 Å². The van der Waals surface area contributed by atoms with E-state index < -0.39 is 104 Å². The molecule has 2 saturated heterocycles. The first-order chi connectivity index (χ1) is 23.6. The number of amides is 1. The van der Waals surface area contributed by atoms with E-state index >= 15 is 0 Å². The Morgan fingerprint density at radius 1 is 0.700 bits per heavy atom. The highest BCUT2D eigenvalue weighted by Crippen LogP contribution is 2.33. The van der Waals surface area contributed by atoms with Crippen LogP contribution in [0, 0.1) is 0 Å². The second-order valence-electron chi connectivity index (χ2n) is 11.5. The van der Waals surface area contributed by atoms with Crippen molar-refractivity contribution in [1.29, 1.82) is 0 Å². The highest BCUT2D eigenvalue weighted by molar-refractivity contribution is 8.13. The molecule has 3 N–H and O–H groups in total. The fourth-order valence-electron chi connectivity index (χ4n) is 5.24. The molecule has 50 heavy (non-hydrogen) atoms. The molecule has 0 radical (unpaired) electrons. The summed E-state index contributed by atoms with van der Waals surface area (Å²) >= 11 is 1.27. The number of aliphatic hydroxyl groups is 2. The SMILES string of the molecule is CC(=O)N[C@@H]1C(O[C@@H]2OC(COC(C)=O)[C@H](OC(C)=O)C(OC(C)=O)[C@H]2OC(C)=O)[C@@H](O)C(CO)O[C@H]1OCCOCCCCCSC(C)=O. The lowest BCUT2D eigenvalue weighted by Gasteiger charge is -2.48. The van der Waals surface area contributed by atoms with Crippen LogP contribution in [0.2, 0.25) is 0 Å². The van der Waals surface area contributed by atoms with Gasteiger partial charge < -0.3 is 58.2 Å². The molecule has 0 saturated carbocycles. The predicted molar refractivity (Wildman–Crippen MR) is 170 cm³/mol. The molecule has 2 heterocycles. The molecule has 10 atom stereocenters. The number of ether oxygens (including phenoxy) is 9. The molecule has 286 valence electrons. The van der Waals surface area contributed by atoms with Gasteiger partial charge in [-0.15, -0.1) is 0 Å². The Hall–Kier alpha value is -2.91. The maximum atomic E-state index is 12.3. The van der Waals surface area contributed by atoms with Crippen molar-refractivity contribution in [2.45, 2.75) is 122 Å². The van der Waals surface area contributed by atoms with Crippen LogP contribution in [-0.2, 0) is 71.4 Å². The van der Waals surface area contributed by atoms with Gasteiger partial charge in [-0.05, 0) is 12.8 Å². The summed E-state index contributed by atoms with van der Waals surface area (Å²) in [6.45, 7) is 6.34. The van der Waals surface area contributed by atoms with Crippen LogP contribution >= 0.6 is 11.8 Å². The van der Waals surface area contributed by atoms with E-state index in [-0.39, 0.29) is 18.3 Å². The molecule has 0 spiro atoms. The van der Waals surface area contributed by atoms with E-state index in [9.17, 15) is 39.0 Å². The van der Waals surface area contributed by atoms with Crippen LogP contribution in [0.5, 0.6) is 0 Å². The smallest absolute Gasteiger partial charge is 0.303 e. The Morgan fingerprint density at radius 2 is 1.32 bits per heavy atom. The number of carbonyl (C=O) groups excluding carboxylic acids is 6. The van der Waals surface area contributed by atoms with Gasteiger partial charge in [0.25, 0.3) is 0 Å². The molecule has 2 fully saturated rings. The molecule has 2 aliphatic heterocycles. The predicted octanol–water partition coefficient (Wildman–Crippen LogP) is -0.479. The Balaban J connectivity index is 2.32. The maximum absolute atomic E-state index is 12.3. The van der Waals surface area contributed by atoms with Crippen LogP contribution < -0.4 is 5.32 Å². The van der Waals surface area contributed by atoms with Gasteiger partial charge in [0.2, 0.25) is 5.91 Å². The molecule has 0 bridgehead atoms. The number of hydrogen-bond acceptors (Lipinski definition) is 18. The van der Waals surface area contributed by atoms with Gasteiger partial charge in [0.05, 0.1) is 19.8 Å². The van der Waals surface area contributed by atoms with Crippen LogP contribution in [-0.4, -0.2) is 145 Å². The summed E-state index contributed by atoms with van der Waals surface area (Å²) in [5, 5.41) is 24.0. The summed E-state index contributed by atoms with van der Waals surface area (Å²) in [4.78, 5) is 71.6. The van der Waals surface area contributed by atoms with Crippen LogP contribution in [0.4, 0.5) is 0 Å². The van der Waals surface area contributed by atoms with Crippen molar-refractivity contribution in [2.24, 2.45) is 0 Å². The van der Waals surface area contributed by atoms with Gasteiger partial charge in [0.15, 0.2) is 36.0 Å². The van der Waals surface area contributed by atoms with Crippen LogP contribution in [0.25, 0.3) is 0 Å². The molecule has 2 rings (SSSR count). The molecule has 0 aromatic carbocycles. The minimum absolute atomic E-state index is 0.0268. The molecule has 18 nitrogen and oxygen atoms in total. The first kappa shape index (κ1) is 43.3. The molecule has 2 aliphatic rings. The third kappa shape index (κ3) is 14.7. The summed E-state index contributed by atoms with van der Waals surface area (Å²) in [6.07, 6.45) is -10.9. The number of thioether (sulfide) groups is 1. The number of carbonyl (C=O) groups is 6. The topological polar surface area (TPSA) is 238 Å². The van der Waals surface area contributed by atoms with Crippen molar-refractivity contribution in [1.82, 2.24) is 5.32 Å². The highest BCUT2D eigenvalue weighted by Gasteiger charge is 2.56. The Kier molecular flexibility index (Phi) is 19.1. The van der Waals surface area contributed by atoms with Gasteiger partial charge in [-0.25, -0.2) is 0 Å².